The van der Waals surface area contributed by atoms with Crippen LogP contribution in [0.15, 0.2) is 42.5 Å². The molecule has 5 nitrogen and oxygen atoms in total. The van der Waals surface area contributed by atoms with Crippen LogP contribution >= 0.6 is 0 Å². The molecule has 178 valence electrons. The highest BCUT2D eigenvalue weighted by atomic mass is 19.4. The van der Waals surface area contributed by atoms with Crippen molar-refractivity contribution < 1.29 is 27.8 Å². The molecule has 1 atom stereocenters. The highest BCUT2D eigenvalue weighted by Crippen LogP contribution is 2.42. The number of halogens is 3. The number of aliphatic hydroxyl groups excluding tert-OH is 1. The van der Waals surface area contributed by atoms with Gasteiger partial charge in [0, 0.05) is 29.8 Å². The molecule has 0 amide bonds. The number of hydrogen-bond acceptors (Lipinski definition) is 5. The first-order valence-corrected chi connectivity index (χ1v) is 11.4. The summed E-state index contributed by atoms with van der Waals surface area (Å²) in [6, 6.07) is 12.8. The van der Waals surface area contributed by atoms with Crippen LogP contribution < -0.4 is 10.1 Å². The molecule has 1 fully saturated rings. The van der Waals surface area contributed by atoms with Crippen molar-refractivity contribution in [2.75, 3.05) is 39.3 Å². The second-order valence-electron chi connectivity index (χ2n) is 8.83. The van der Waals surface area contributed by atoms with E-state index in [1.165, 1.54) is 0 Å². The van der Waals surface area contributed by atoms with Crippen LogP contribution in [0.1, 0.15) is 35.2 Å². The van der Waals surface area contributed by atoms with E-state index in [2.05, 4.69) is 5.32 Å². The summed E-state index contributed by atoms with van der Waals surface area (Å²) in [6.45, 7) is 2.58. The number of carbonyl (C=O) groups excluding carboxylic acids is 1. The summed E-state index contributed by atoms with van der Waals surface area (Å²) < 4.78 is 43.0. The monoisotopic (exact) mass is 462 g/mol. The molecule has 1 aliphatic heterocycles. The molecule has 0 radical (unpaired) electrons. The van der Waals surface area contributed by atoms with Crippen molar-refractivity contribution in [3.05, 3.63) is 53.6 Å². The molecule has 0 bridgehead atoms. The number of hydrogen-bond donors (Lipinski definition) is 2. The fourth-order valence-electron chi connectivity index (χ4n) is 4.56. The molecule has 1 saturated heterocycles. The van der Waals surface area contributed by atoms with E-state index in [9.17, 15) is 23.1 Å². The van der Waals surface area contributed by atoms with Gasteiger partial charge in [0.25, 0.3) is 0 Å². The van der Waals surface area contributed by atoms with Crippen molar-refractivity contribution in [3.8, 4) is 16.9 Å². The Kier molecular flexibility index (Phi) is 7.36. The second-order valence-corrected chi connectivity index (χ2v) is 8.83. The van der Waals surface area contributed by atoms with Crippen LogP contribution in [0.3, 0.4) is 0 Å². The number of ether oxygens (including phenoxy) is 1. The van der Waals surface area contributed by atoms with Gasteiger partial charge in [-0.15, -0.1) is 0 Å². The molecule has 0 aromatic heterocycles. The topological polar surface area (TPSA) is 61.8 Å². The number of carbonyl (C=O) groups is 1. The van der Waals surface area contributed by atoms with Gasteiger partial charge in [-0.3, -0.25) is 4.79 Å². The average molecular weight is 463 g/mol. The molecule has 2 aromatic carbocycles. The molecule has 33 heavy (non-hydrogen) atoms. The van der Waals surface area contributed by atoms with Gasteiger partial charge in [0.15, 0.2) is 5.78 Å². The summed E-state index contributed by atoms with van der Waals surface area (Å²) in [6.07, 6.45) is -3.88. The summed E-state index contributed by atoms with van der Waals surface area (Å²) in [4.78, 5) is 14.5. The van der Waals surface area contributed by atoms with E-state index >= 15 is 0 Å². The highest BCUT2D eigenvalue weighted by molar-refractivity contribution is 6.22. The lowest BCUT2D eigenvalue weighted by molar-refractivity contribution is -0.138. The van der Waals surface area contributed by atoms with Crippen LogP contribution in [0.25, 0.3) is 11.1 Å². The van der Waals surface area contributed by atoms with E-state index in [0.717, 1.165) is 24.0 Å². The summed E-state index contributed by atoms with van der Waals surface area (Å²) in [5.74, 6) is 0.953. The number of fused-ring (bicyclic) bond motifs is 3. The van der Waals surface area contributed by atoms with Crippen molar-refractivity contribution in [3.63, 3.8) is 0 Å². The molecule has 1 heterocycles. The Morgan fingerprint density at radius 3 is 2.48 bits per heavy atom. The Morgan fingerprint density at radius 2 is 1.76 bits per heavy atom. The van der Waals surface area contributed by atoms with Crippen molar-refractivity contribution in [2.45, 2.75) is 31.5 Å². The smallest absolute Gasteiger partial charge is 0.390 e. The van der Waals surface area contributed by atoms with Crippen LogP contribution in [0.5, 0.6) is 5.75 Å². The molecule has 8 heteroatoms. The zero-order chi connectivity index (χ0) is 23.4. The number of likely N-dealkylation sites (tertiary alicyclic amines) is 1. The first-order valence-electron chi connectivity index (χ1n) is 11.4. The molecule has 2 N–H and O–H groups in total. The largest absolute Gasteiger partial charge is 0.490 e. The first-order chi connectivity index (χ1) is 15.8. The minimum atomic E-state index is -4.10. The van der Waals surface area contributed by atoms with Crippen LogP contribution in [0.2, 0.25) is 0 Å². The molecule has 0 spiro atoms. The molecular weight excluding hydrogens is 433 g/mol. The zero-order valence-corrected chi connectivity index (χ0v) is 18.4. The van der Waals surface area contributed by atoms with E-state index in [1.807, 2.05) is 23.1 Å². The maximum atomic E-state index is 12.6. The fraction of sp³-hybridized carbons (Fsp3) is 0.480. The van der Waals surface area contributed by atoms with Gasteiger partial charge in [0.1, 0.15) is 18.5 Å². The predicted molar refractivity (Wildman–Crippen MR) is 120 cm³/mol. The average Bonchev–Trinajstić information content (AvgIpc) is 3.10. The van der Waals surface area contributed by atoms with Crippen molar-refractivity contribution in [1.29, 1.82) is 0 Å². The number of benzene rings is 2. The molecule has 2 aliphatic rings. The zero-order valence-electron chi connectivity index (χ0n) is 18.4. The Hall–Kier alpha value is -2.42. The van der Waals surface area contributed by atoms with E-state index in [-0.39, 0.29) is 18.9 Å². The van der Waals surface area contributed by atoms with Gasteiger partial charge in [-0.1, -0.05) is 36.4 Å². The third kappa shape index (κ3) is 5.93. The third-order valence-electron chi connectivity index (χ3n) is 6.37. The number of piperidine rings is 1. The maximum Gasteiger partial charge on any atom is 0.390 e. The van der Waals surface area contributed by atoms with Crippen molar-refractivity contribution in [1.82, 2.24) is 10.2 Å². The van der Waals surface area contributed by atoms with Crippen LogP contribution in [-0.2, 0) is 0 Å². The summed E-state index contributed by atoms with van der Waals surface area (Å²) >= 11 is 0. The lowest BCUT2D eigenvalue weighted by Gasteiger charge is -2.32. The maximum absolute atomic E-state index is 12.6. The molecule has 0 saturated carbocycles. The van der Waals surface area contributed by atoms with Crippen LogP contribution in [-0.4, -0.2) is 67.4 Å². The Balaban J connectivity index is 1.20. The number of nitrogens with one attached hydrogen (secondary N) is 1. The Morgan fingerprint density at radius 1 is 1.06 bits per heavy atom. The van der Waals surface area contributed by atoms with Crippen molar-refractivity contribution >= 4 is 5.78 Å². The molecule has 2 aromatic rings. The lowest BCUT2D eigenvalue weighted by Crippen LogP contribution is -2.40. The van der Waals surface area contributed by atoms with Crippen LogP contribution in [0, 0.1) is 5.92 Å². The standard InChI is InChI=1S/C25H29F3N2O3/c26-25(27,28)10-13-30-11-8-17(9-12-30)14-29-15-18(31)16-33-22-7-3-6-21-23(22)19-4-1-2-5-20(19)24(21)32/h1-7,17-18,29,31H,8-16H2/t18-/m0/s1. The quantitative estimate of drug-likeness (QED) is 0.505. The number of alkyl halides is 3. The third-order valence-corrected chi connectivity index (χ3v) is 6.37. The van der Waals surface area contributed by atoms with Gasteiger partial charge >= 0.3 is 6.18 Å². The van der Waals surface area contributed by atoms with E-state index in [1.54, 1.807) is 24.3 Å². The predicted octanol–water partition coefficient (Wildman–Crippen LogP) is 3.89. The van der Waals surface area contributed by atoms with E-state index in [4.69, 9.17) is 4.74 Å². The molecular formula is C25H29F3N2O3. The number of nitrogens with zero attached hydrogens (tertiary/aromatic N) is 1. The van der Waals surface area contributed by atoms with Crippen molar-refractivity contribution in [2.24, 2.45) is 5.92 Å². The van der Waals surface area contributed by atoms with E-state index in [0.29, 0.717) is 49.0 Å². The molecule has 1 aliphatic carbocycles. The number of rotatable bonds is 9. The van der Waals surface area contributed by atoms with E-state index < -0.39 is 18.7 Å². The van der Waals surface area contributed by atoms with Gasteiger partial charge in [-0.25, -0.2) is 0 Å². The van der Waals surface area contributed by atoms with Gasteiger partial charge < -0.3 is 20.1 Å². The summed E-state index contributed by atoms with van der Waals surface area (Å²) in [7, 11) is 0. The SMILES string of the molecule is O=C1c2ccccc2-c2c(OC[C@@H](O)CNCC3CCN(CCC(F)(F)F)CC3)cccc21. The number of aliphatic hydroxyl groups is 1. The van der Waals surface area contributed by atoms with Crippen LogP contribution in [0.4, 0.5) is 13.2 Å². The fourth-order valence-corrected chi connectivity index (χ4v) is 4.56. The first kappa shape index (κ1) is 23.7. The Bertz CT molecular complexity index is 972. The number of ketones is 1. The summed E-state index contributed by atoms with van der Waals surface area (Å²) in [5, 5.41) is 13.6. The molecule has 0 unspecified atom stereocenters. The van der Waals surface area contributed by atoms with Gasteiger partial charge in [-0.2, -0.15) is 13.2 Å². The van der Waals surface area contributed by atoms with Gasteiger partial charge in [0.05, 0.1) is 6.42 Å². The second kappa shape index (κ2) is 10.2. The van der Waals surface area contributed by atoms with Gasteiger partial charge in [-0.05, 0) is 50.0 Å². The minimum absolute atomic E-state index is 0.0160. The minimum Gasteiger partial charge on any atom is -0.490 e. The Labute approximate surface area is 191 Å². The summed E-state index contributed by atoms with van der Waals surface area (Å²) in [5.41, 5.74) is 2.90. The van der Waals surface area contributed by atoms with Gasteiger partial charge in [0.2, 0.25) is 0 Å². The highest BCUT2D eigenvalue weighted by Gasteiger charge is 2.30. The lowest BCUT2D eigenvalue weighted by atomic mass is 9.96. The normalized spacial score (nSPS) is 17.6. The molecule has 4 rings (SSSR count).